The number of benzene rings is 1. The highest BCUT2D eigenvalue weighted by Crippen LogP contribution is 2.27. The molecule has 1 aliphatic rings. The highest BCUT2D eigenvalue weighted by molar-refractivity contribution is 5.22. The predicted octanol–water partition coefficient (Wildman–Crippen LogP) is 2.04. The van der Waals surface area contributed by atoms with E-state index >= 15 is 0 Å². The van der Waals surface area contributed by atoms with E-state index in [2.05, 4.69) is 9.80 Å². The molecule has 0 saturated carbocycles. The largest absolute Gasteiger partial charge is 0.394 e. The maximum atomic E-state index is 14.0. The minimum atomic E-state index is -0.534. The molecule has 0 radical (unpaired) electrons. The molecule has 0 bridgehead atoms. The molecule has 130 valence electrons. The molecule has 1 aliphatic heterocycles. The normalized spacial score (nSPS) is 18.3. The van der Waals surface area contributed by atoms with E-state index < -0.39 is 11.6 Å². The molecule has 1 atom stereocenters. The Morgan fingerprint density at radius 1 is 1.17 bits per heavy atom. The molecule has 2 rings (SSSR count). The van der Waals surface area contributed by atoms with Crippen molar-refractivity contribution in [1.29, 1.82) is 0 Å². The molecule has 1 aromatic carbocycles. The number of nitrogens with zero attached hydrogens (tertiary/aromatic N) is 2. The molecule has 23 heavy (non-hydrogen) atoms. The van der Waals surface area contributed by atoms with Crippen molar-refractivity contribution in [2.45, 2.75) is 19.4 Å². The van der Waals surface area contributed by atoms with Crippen molar-refractivity contribution in [3.63, 3.8) is 0 Å². The fourth-order valence-electron chi connectivity index (χ4n) is 3.11. The molecule has 1 N–H and O–H groups in total. The first-order valence-corrected chi connectivity index (χ1v) is 8.25. The molecule has 1 saturated heterocycles. The van der Waals surface area contributed by atoms with Gasteiger partial charge in [-0.05, 0) is 12.5 Å². The van der Waals surface area contributed by atoms with E-state index in [-0.39, 0.29) is 12.6 Å². The summed E-state index contributed by atoms with van der Waals surface area (Å²) in [4.78, 5) is 4.57. The Hall–Kier alpha value is -1.08. The van der Waals surface area contributed by atoms with Gasteiger partial charge in [0, 0.05) is 50.4 Å². The van der Waals surface area contributed by atoms with Gasteiger partial charge in [0.25, 0.3) is 0 Å². The quantitative estimate of drug-likeness (QED) is 0.741. The Labute approximate surface area is 136 Å². The van der Waals surface area contributed by atoms with Crippen LogP contribution in [0.3, 0.4) is 0 Å². The molecule has 0 aromatic heterocycles. The zero-order chi connectivity index (χ0) is 16.7. The first kappa shape index (κ1) is 18.3. The van der Waals surface area contributed by atoms with Crippen molar-refractivity contribution in [2.75, 3.05) is 52.5 Å². The highest BCUT2D eigenvalue weighted by Gasteiger charge is 2.25. The van der Waals surface area contributed by atoms with Crippen LogP contribution in [0.5, 0.6) is 0 Å². The summed E-state index contributed by atoms with van der Waals surface area (Å²) in [5, 5.41) is 8.67. The summed E-state index contributed by atoms with van der Waals surface area (Å²) in [5.41, 5.74) is 0.577. The van der Waals surface area contributed by atoms with Crippen molar-refractivity contribution >= 4 is 0 Å². The van der Waals surface area contributed by atoms with Crippen LogP contribution in [0.4, 0.5) is 8.78 Å². The lowest BCUT2D eigenvalue weighted by molar-refractivity contribution is 0.0472. The van der Waals surface area contributed by atoms with Crippen molar-refractivity contribution in [1.82, 2.24) is 9.80 Å². The fourth-order valence-corrected chi connectivity index (χ4v) is 3.11. The van der Waals surface area contributed by atoms with Gasteiger partial charge in [0.2, 0.25) is 0 Å². The van der Waals surface area contributed by atoms with Gasteiger partial charge in [-0.25, -0.2) is 8.78 Å². The Morgan fingerprint density at radius 3 is 2.52 bits per heavy atom. The van der Waals surface area contributed by atoms with Gasteiger partial charge >= 0.3 is 0 Å². The lowest BCUT2D eigenvalue weighted by Gasteiger charge is -2.39. The van der Waals surface area contributed by atoms with E-state index in [9.17, 15) is 8.78 Å². The van der Waals surface area contributed by atoms with E-state index in [1.54, 1.807) is 6.07 Å². The van der Waals surface area contributed by atoms with Crippen LogP contribution < -0.4 is 0 Å². The van der Waals surface area contributed by atoms with Gasteiger partial charge in [0.1, 0.15) is 11.6 Å². The Balaban J connectivity index is 1.87. The smallest absolute Gasteiger partial charge is 0.130 e. The van der Waals surface area contributed by atoms with Crippen LogP contribution in [-0.4, -0.2) is 67.5 Å². The summed E-state index contributed by atoms with van der Waals surface area (Å²) in [6.07, 6.45) is 0.794. The minimum Gasteiger partial charge on any atom is -0.394 e. The van der Waals surface area contributed by atoms with E-state index in [1.165, 1.54) is 6.07 Å². The van der Waals surface area contributed by atoms with Crippen LogP contribution in [0.2, 0.25) is 0 Å². The lowest BCUT2D eigenvalue weighted by Crippen LogP contribution is -2.48. The molecule has 0 amide bonds. The molecule has 6 heteroatoms. The Morgan fingerprint density at radius 2 is 1.91 bits per heavy atom. The van der Waals surface area contributed by atoms with Crippen molar-refractivity contribution in [2.24, 2.45) is 0 Å². The predicted molar refractivity (Wildman–Crippen MR) is 85.3 cm³/mol. The number of halogens is 2. The van der Waals surface area contributed by atoms with Crippen molar-refractivity contribution in [3.05, 3.63) is 35.4 Å². The zero-order valence-corrected chi connectivity index (χ0v) is 13.7. The maximum absolute atomic E-state index is 14.0. The van der Waals surface area contributed by atoms with E-state index in [0.717, 1.165) is 45.2 Å². The molecule has 0 spiro atoms. The molecule has 1 fully saturated rings. The molecule has 1 aromatic rings. The minimum absolute atomic E-state index is 0.0108. The third-order valence-corrected chi connectivity index (χ3v) is 4.34. The lowest BCUT2D eigenvalue weighted by atomic mass is 10.0. The van der Waals surface area contributed by atoms with Gasteiger partial charge < -0.3 is 9.84 Å². The van der Waals surface area contributed by atoms with Gasteiger partial charge in [0.15, 0.2) is 0 Å². The van der Waals surface area contributed by atoms with E-state index in [4.69, 9.17) is 9.84 Å². The second-order valence-corrected chi connectivity index (χ2v) is 5.80. The van der Waals surface area contributed by atoms with Gasteiger partial charge in [-0.1, -0.05) is 13.0 Å². The van der Waals surface area contributed by atoms with Gasteiger partial charge in [-0.15, -0.1) is 0 Å². The number of hydrogen-bond donors (Lipinski definition) is 1. The number of aliphatic hydroxyl groups excluding tert-OH is 1. The van der Waals surface area contributed by atoms with Crippen LogP contribution in [0.1, 0.15) is 24.9 Å². The van der Waals surface area contributed by atoms with Crippen molar-refractivity contribution in [3.8, 4) is 0 Å². The molecule has 0 aliphatic carbocycles. The van der Waals surface area contributed by atoms with Gasteiger partial charge in [-0.2, -0.15) is 0 Å². The second-order valence-electron chi connectivity index (χ2n) is 5.80. The van der Waals surface area contributed by atoms with Crippen LogP contribution >= 0.6 is 0 Å². The van der Waals surface area contributed by atoms with Crippen molar-refractivity contribution < 1.29 is 18.6 Å². The highest BCUT2D eigenvalue weighted by atomic mass is 19.1. The number of hydrogen-bond acceptors (Lipinski definition) is 4. The van der Waals surface area contributed by atoms with E-state index in [0.29, 0.717) is 18.8 Å². The Kier molecular flexibility index (Phi) is 7.36. The maximum Gasteiger partial charge on any atom is 0.130 e. The third-order valence-electron chi connectivity index (χ3n) is 4.34. The molecule has 1 unspecified atom stereocenters. The second kappa shape index (κ2) is 9.27. The summed E-state index contributed by atoms with van der Waals surface area (Å²) in [6, 6.07) is 3.85. The Bertz CT molecular complexity index is 480. The summed E-state index contributed by atoms with van der Waals surface area (Å²) in [5.74, 6) is -0.995. The summed E-state index contributed by atoms with van der Waals surface area (Å²) in [7, 11) is 0. The molecular formula is C17H26F2N2O2. The number of aliphatic hydroxyl groups is 1. The van der Waals surface area contributed by atoms with Gasteiger partial charge in [-0.3, -0.25) is 9.80 Å². The average Bonchev–Trinajstić information content (AvgIpc) is 2.55. The SMILES string of the molecule is CCC(c1ccc(F)cc1F)N1CCN(CCOCCO)CC1. The van der Waals surface area contributed by atoms with Crippen LogP contribution in [-0.2, 0) is 4.74 Å². The molecule has 1 heterocycles. The summed E-state index contributed by atoms with van der Waals surface area (Å²) in [6.45, 7) is 7.44. The first-order valence-electron chi connectivity index (χ1n) is 8.25. The number of rotatable bonds is 8. The first-order chi connectivity index (χ1) is 11.2. The summed E-state index contributed by atoms with van der Waals surface area (Å²) < 4.78 is 32.4. The van der Waals surface area contributed by atoms with E-state index in [1.807, 2.05) is 6.92 Å². The zero-order valence-electron chi connectivity index (χ0n) is 13.7. The number of ether oxygens (including phenoxy) is 1. The average molecular weight is 328 g/mol. The van der Waals surface area contributed by atoms with Crippen LogP contribution in [0.15, 0.2) is 18.2 Å². The third kappa shape index (κ3) is 5.21. The summed E-state index contributed by atoms with van der Waals surface area (Å²) >= 11 is 0. The fraction of sp³-hybridized carbons (Fsp3) is 0.647. The monoisotopic (exact) mass is 328 g/mol. The number of piperazine rings is 1. The van der Waals surface area contributed by atoms with Crippen LogP contribution in [0, 0.1) is 11.6 Å². The topological polar surface area (TPSA) is 35.9 Å². The molecular weight excluding hydrogens is 302 g/mol. The van der Waals surface area contributed by atoms with Crippen LogP contribution in [0.25, 0.3) is 0 Å². The van der Waals surface area contributed by atoms with Gasteiger partial charge in [0.05, 0.1) is 19.8 Å². The standard InChI is InChI=1S/C17H26F2N2O2/c1-2-17(15-4-3-14(18)13-16(15)19)21-7-5-20(6-8-21)9-11-23-12-10-22/h3-4,13,17,22H,2,5-12H2,1H3. The molecule has 4 nitrogen and oxygen atoms in total.